The molecule has 0 heterocycles. The topological polar surface area (TPSA) is 108 Å². The van der Waals surface area contributed by atoms with Crippen LogP contribution in [0.25, 0.3) is 0 Å². The summed E-state index contributed by atoms with van der Waals surface area (Å²) in [6.45, 7) is 4.74. The molecule has 0 bridgehead atoms. The second-order valence-corrected chi connectivity index (χ2v) is 24.1. The molecule has 0 aromatic heterocycles. The number of likely N-dealkylation sites (N-methyl/N-ethyl adjacent to an activating group) is 1. The molecule has 0 saturated heterocycles. The van der Waals surface area contributed by atoms with Gasteiger partial charge in [-0.3, -0.25) is 9.59 Å². The summed E-state index contributed by atoms with van der Waals surface area (Å²) >= 11 is 0. The van der Waals surface area contributed by atoms with Gasteiger partial charge >= 0.3 is 17.9 Å². The summed E-state index contributed by atoms with van der Waals surface area (Å²) in [6.07, 6.45) is 85.3. The molecule has 9 nitrogen and oxygen atoms in total. The van der Waals surface area contributed by atoms with Gasteiger partial charge in [0.15, 0.2) is 6.10 Å². The van der Waals surface area contributed by atoms with Crippen molar-refractivity contribution in [3.05, 3.63) is 97.2 Å². The first kappa shape index (κ1) is 79.2. The third-order valence-electron chi connectivity index (χ3n) is 14.8. The smallest absolute Gasteiger partial charge is 0.361 e. The Hall–Kier alpha value is -3.79. The molecule has 0 radical (unpaired) electrons. The van der Waals surface area contributed by atoms with Gasteiger partial charge in [0.2, 0.25) is 0 Å². The second-order valence-electron chi connectivity index (χ2n) is 24.1. The zero-order valence-electron chi connectivity index (χ0n) is 54.6. The molecule has 478 valence electrons. The molecule has 2 atom stereocenters. The van der Waals surface area contributed by atoms with E-state index in [9.17, 15) is 19.5 Å². The van der Waals surface area contributed by atoms with E-state index in [0.29, 0.717) is 11.0 Å². The third-order valence-corrected chi connectivity index (χ3v) is 14.8. The molecular formula is C74H130NO8+. The van der Waals surface area contributed by atoms with Crippen LogP contribution >= 0.6 is 0 Å². The third kappa shape index (κ3) is 65.6. The number of carbonyl (C=O) groups is 3. The van der Waals surface area contributed by atoms with Crippen LogP contribution in [-0.4, -0.2) is 87.4 Å². The summed E-state index contributed by atoms with van der Waals surface area (Å²) < 4.78 is 22.9. The first-order valence-electron chi connectivity index (χ1n) is 34.4. The lowest BCUT2D eigenvalue weighted by molar-refractivity contribution is -0.870. The average molecular weight is 1160 g/mol. The van der Waals surface area contributed by atoms with Crippen molar-refractivity contribution in [2.24, 2.45) is 0 Å². The molecule has 0 aromatic carbocycles. The molecule has 0 fully saturated rings. The van der Waals surface area contributed by atoms with Crippen molar-refractivity contribution < 1.29 is 42.9 Å². The van der Waals surface area contributed by atoms with E-state index in [-0.39, 0.29) is 38.6 Å². The number of ether oxygens (including phenoxy) is 4. The number of rotatable bonds is 63. The molecule has 0 spiro atoms. The fraction of sp³-hybridized carbons (Fsp3) is 0.743. The number of hydrogen-bond acceptors (Lipinski definition) is 7. The minimum atomic E-state index is -1.52. The van der Waals surface area contributed by atoms with Gasteiger partial charge < -0.3 is 28.5 Å². The van der Waals surface area contributed by atoms with Gasteiger partial charge in [-0.2, -0.15) is 0 Å². The standard InChI is InChI=1S/C74H129NO8/c1-6-8-10-12-14-16-18-20-22-24-26-27-28-29-30-31-32-33-34-35-36-37-38-39-40-41-42-43-44-45-47-49-51-53-55-57-59-61-63-65-72(77)83-70(69-82-74(73(78)79)80-67-66-75(3,4)5)68-81-71(76)64-62-60-58-56-54-52-50-48-46-25-23-21-19-17-15-13-11-9-7-2/h8,10,14-17,20-23,26-27,29-30,46,48,70,74H,6-7,9,11-13,18-19,24-25,28,31-45,47,49-69H2,1-5H3/p+1/b10-8-,16-14-,17-15-,22-20-,23-21-,27-26-,30-29-,48-46-. The zero-order valence-corrected chi connectivity index (χ0v) is 54.6. The lowest BCUT2D eigenvalue weighted by Gasteiger charge is -2.25. The van der Waals surface area contributed by atoms with Crippen LogP contribution in [0.4, 0.5) is 0 Å². The number of aliphatic carboxylic acids is 1. The van der Waals surface area contributed by atoms with Crippen LogP contribution in [0.15, 0.2) is 97.2 Å². The summed E-state index contributed by atoms with van der Waals surface area (Å²) in [5, 5.41) is 9.73. The van der Waals surface area contributed by atoms with Gasteiger partial charge in [-0.25, -0.2) is 4.79 Å². The van der Waals surface area contributed by atoms with E-state index in [2.05, 4.69) is 111 Å². The van der Waals surface area contributed by atoms with Gasteiger partial charge in [-0.15, -0.1) is 0 Å². The maximum Gasteiger partial charge on any atom is 0.361 e. The van der Waals surface area contributed by atoms with E-state index < -0.39 is 24.3 Å². The lowest BCUT2D eigenvalue weighted by Crippen LogP contribution is -2.40. The summed E-state index contributed by atoms with van der Waals surface area (Å²) in [4.78, 5) is 37.5. The highest BCUT2D eigenvalue weighted by atomic mass is 16.7. The van der Waals surface area contributed by atoms with Gasteiger partial charge in [0.05, 0.1) is 34.4 Å². The molecular weight excluding hydrogens is 1030 g/mol. The van der Waals surface area contributed by atoms with Gasteiger partial charge in [0.25, 0.3) is 6.29 Å². The van der Waals surface area contributed by atoms with Crippen LogP contribution in [-0.2, 0) is 33.3 Å². The Morgan fingerprint density at radius 2 is 0.687 bits per heavy atom. The molecule has 0 aliphatic rings. The highest BCUT2D eigenvalue weighted by molar-refractivity contribution is 5.71. The minimum Gasteiger partial charge on any atom is -0.477 e. The number of nitrogens with zero attached hydrogens (tertiary/aromatic N) is 1. The van der Waals surface area contributed by atoms with Crippen LogP contribution in [0.2, 0.25) is 0 Å². The number of allylic oxidation sites excluding steroid dienone is 16. The Bertz CT molecular complexity index is 1680. The average Bonchev–Trinajstić information content (AvgIpc) is 3.46. The highest BCUT2D eigenvalue weighted by Crippen LogP contribution is 2.17. The molecule has 0 aliphatic heterocycles. The van der Waals surface area contributed by atoms with Crippen LogP contribution in [0, 0.1) is 0 Å². The van der Waals surface area contributed by atoms with Gasteiger partial charge in [-0.1, -0.05) is 284 Å². The fourth-order valence-electron chi connectivity index (χ4n) is 9.58. The summed E-state index contributed by atoms with van der Waals surface area (Å²) in [7, 11) is 5.97. The molecule has 0 aliphatic carbocycles. The first-order valence-corrected chi connectivity index (χ1v) is 34.4. The predicted octanol–water partition coefficient (Wildman–Crippen LogP) is 21.2. The maximum atomic E-state index is 12.9. The SMILES string of the molecule is CC/C=C\C/C=C\C/C=C\C/C=C\C/C=C\CCCCCCCCCCCCCCCCCCCCCCCCCC(=O)OC(COC(=O)CCCCCCCC/C=C\C/C=C\C/C=C\CCCCC)COC(OCC[N+](C)(C)C)C(=O)O. The van der Waals surface area contributed by atoms with Crippen LogP contribution in [0.5, 0.6) is 0 Å². The largest absolute Gasteiger partial charge is 0.477 e. The number of esters is 2. The molecule has 0 aromatic rings. The van der Waals surface area contributed by atoms with Crippen molar-refractivity contribution in [1.82, 2.24) is 0 Å². The Kier molecular flexibility index (Phi) is 61.3. The number of hydrogen-bond donors (Lipinski definition) is 1. The zero-order chi connectivity index (χ0) is 60.5. The van der Waals surface area contributed by atoms with E-state index in [0.717, 1.165) is 96.3 Å². The first-order chi connectivity index (χ1) is 40.6. The summed E-state index contributed by atoms with van der Waals surface area (Å²) in [5.41, 5.74) is 0. The van der Waals surface area contributed by atoms with Crippen molar-refractivity contribution in [3.63, 3.8) is 0 Å². The Labute approximate surface area is 512 Å². The quantitative estimate of drug-likeness (QED) is 0.0211. The lowest BCUT2D eigenvalue weighted by atomic mass is 10.0. The van der Waals surface area contributed by atoms with Crippen LogP contribution < -0.4 is 0 Å². The number of carboxylic acids is 1. The Morgan fingerprint density at radius 1 is 0.373 bits per heavy atom. The van der Waals surface area contributed by atoms with Crippen molar-refractivity contribution in [2.45, 2.75) is 309 Å². The molecule has 0 amide bonds. The molecule has 1 N–H and O–H groups in total. The highest BCUT2D eigenvalue weighted by Gasteiger charge is 2.25. The van der Waals surface area contributed by atoms with Crippen LogP contribution in [0.3, 0.4) is 0 Å². The molecule has 83 heavy (non-hydrogen) atoms. The van der Waals surface area contributed by atoms with E-state index in [4.69, 9.17) is 18.9 Å². The van der Waals surface area contributed by atoms with E-state index in [1.54, 1.807) is 0 Å². The van der Waals surface area contributed by atoms with Crippen LogP contribution in [0.1, 0.15) is 296 Å². The Morgan fingerprint density at radius 3 is 1.02 bits per heavy atom. The summed E-state index contributed by atoms with van der Waals surface area (Å²) in [6, 6.07) is 0. The van der Waals surface area contributed by atoms with Crippen molar-refractivity contribution in [1.29, 1.82) is 0 Å². The number of carboxylic acid groups (broad SMARTS) is 1. The van der Waals surface area contributed by atoms with Crippen molar-refractivity contribution >= 4 is 17.9 Å². The predicted molar refractivity (Wildman–Crippen MR) is 355 cm³/mol. The molecule has 9 heteroatoms. The second kappa shape index (κ2) is 64.2. The molecule has 0 rings (SSSR count). The Balaban J connectivity index is 4.03. The monoisotopic (exact) mass is 1160 g/mol. The van der Waals surface area contributed by atoms with Gasteiger partial charge in [-0.05, 0) is 96.3 Å². The molecule has 2 unspecified atom stereocenters. The van der Waals surface area contributed by atoms with E-state index in [1.807, 2.05) is 21.1 Å². The number of unbranched alkanes of at least 4 members (excludes halogenated alkanes) is 32. The van der Waals surface area contributed by atoms with Crippen molar-refractivity contribution in [2.75, 3.05) is 47.5 Å². The number of quaternary nitrogens is 1. The number of carbonyl (C=O) groups excluding carboxylic acids is 2. The minimum absolute atomic E-state index is 0.184. The van der Waals surface area contributed by atoms with Crippen molar-refractivity contribution in [3.8, 4) is 0 Å². The van der Waals surface area contributed by atoms with Gasteiger partial charge in [0.1, 0.15) is 13.2 Å². The maximum absolute atomic E-state index is 12.9. The van der Waals surface area contributed by atoms with E-state index in [1.165, 1.54) is 173 Å². The summed E-state index contributed by atoms with van der Waals surface area (Å²) in [5.74, 6) is -2.01. The van der Waals surface area contributed by atoms with E-state index >= 15 is 0 Å². The normalized spacial score (nSPS) is 13.3. The molecule has 0 saturated carbocycles. The fourth-order valence-corrected chi connectivity index (χ4v) is 9.58. The van der Waals surface area contributed by atoms with Gasteiger partial charge in [0, 0.05) is 12.8 Å².